The maximum absolute atomic E-state index is 13.1. The lowest BCUT2D eigenvalue weighted by atomic mass is 10.0. The number of nitrogens with zero attached hydrogens (tertiary/aromatic N) is 2. The maximum Gasteiger partial charge on any atom is 0.243 e. The molecule has 2 heterocycles. The molecule has 1 atom stereocenters. The van der Waals surface area contributed by atoms with E-state index >= 15 is 0 Å². The Kier molecular flexibility index (Phi) is 7.18. The summed E-state index contributed by atoms with van der Waals surface area (Å²) in [5.41, 5.74) is 1.45. The minimum atomic E-state index is -3.55. The van der Waals surface area contributed by atoms with Crippen molar-refractivity contribution in [3.05, 3.63) is 23.8 Å². The summed E-state index contributed by atoms with van der Waals surface area (Å²) in [4.78, 5) is 26.8. The molecular weight excluding hydrogens is 402 g/mol. The Balaban J connectivity index is 1.85. The average Bonchev–Trinajstić information content (AvgIpc) is 2.86. The van der Waals surface area contributed by atoms with Crippen molar-refractivity contribution < 1.29 is 18.0 Å². The number of hydrogen-bond acceptors (Lipinski definition) is 4. The second kappa shape index (κ2) is 9.47. The normalized spacial score (nSPS) is 19.8. The summed E-state index contributed by atoms with van der Waals surface area (Å²) >= 11 is 0. The molecule has 0 aliphatic carbocycles. The Morgan fingerprint density at radius 1 is 1.23 bits per heavy atom. The lowest BCUT2D eigenvalue weighted by Crippen LogP contribution is -2.43. The lowest BCUT2D eigenvalue weighted by Gasteiger charge is -2.30. The second-order valence-electron chi connectivity index (χ2n) is 8.59. The van der Waals surface area contributed by atoms with E-state index in [9.17, 15) is 18.0 Å². The summed E-state index contributed by atoms with van der Waals surface area (Å²) in [6.45, 7) is 7.10. The van der Waals surface area contributed by atoms with Gasteiger partial charge in [0.15, 0.2) is 0 Å². The zero-order chi connectivity index (χ0) is 21.9. The molecule has 1 aromatic rings. The van der Waals surface area contributed by atoms with E-state index in [1.807, 2.05) is 13.8 Å². The lowest BCUT2D eigenvalue weighted by molar-refractivity contribution is -0.124. The van der Waals surface area contributed by atoms with Gasteiger partial charge in [-0.1, -0.05) is 13.8 Å². The van der Waals surface area contributed by atoms with Crippen LogP contribution in [0.3, 0.4) is 0 Å². The van der Waals surface area contributed by atoms with Crippen LogP contribution in [-0.2, 0) is 26.0 Å². The number of carbonyl (C=O) groups is 2. The molecule has 3 rings (SSSR count). The van der Waals surface area contributed by atoms with E-state index < -0.39 is 10.0 Å². The number of aryl methyl sites for hydroxylation is 1. The molecule has 1 N–H and O–H groups in total. The fraction of sp³-hybridized carbons (Fsp3) is 0.636. The van der Waals surface area contributed by atoms with Crippen LogP contribution in [0.5, 0.6) is 0 Å². The van der Waals surface area contributed by atoms with Crippen LogP contribution in [0, 0.1) is 5.92 Å². The Labute approximate surface area is 179 Å². The van der Waals surface area contributed by atoms with Crippen molar-refractivity contribution in [2.75, 3.05) is 24.5 Å². The molecule has 1 fully saturated rings. The molecule has 0 saturated carbocycles. The number of hydrogen-bond donors (Lipinski definition) is 1. The molecule has 7 nitrogen and oxygen atoms in total. The van der Waals surface area contributed by atoms with E-state index in [-0.39, 0.29) is 29.3 Å². The van der Waals surface area contributed by atoms with Gasteiger partial charge in [0.1, 0.15) is 6.54 Å². The topological polar surface area (TPSA) is 86.8 Å². The Morgan fingerprint density at radius 3 is 2.60 bits per heavy atom. The Hall–Kier alpha value is -1.93. The molecular formula is C22H33N3O4S. The van der Waals surface area contributed by atoms with Gasteiger partial charge in [0, 0.05) is 31.2 Å². The van der Waals surface area contributed by atoms with Crippen molar-refractivity contribution in [3.8, 4) is 0 Å². The van der Waals surface area contributed by atoms with Crippen molar-refractivity contribution >= 4 is 27.5 Å². The predicted molar refractivity (Wildman–Crippen MR) is 117 cm³/mol. The number of anilines is 1. The summed E-state index contributed by atoms with van der Waals surface area (Å²) in [5.74, 6) is 0.239. The second-order valence-corrected chi connectivity index (χ2v) is 10.5. The van der Waals surface area contributed by atoms with Crippen LogP contribution in [0.25, 0.3) is 0 Å². The standard InChI is InChI=1S/C22H33N3O4S/c1-4-17(3)23-21(26)15-25-20-9-8-19(14-18(20)6-5-7-22(25)27)30(28,29)24-12-10-16(2)11-13-24/h8-9,14,16-17H,4-7,10-13,15H2,1-3H3,(H,23,26)/t17-/m0/s1. The molecule has 1 aromatic carbocycles. The SMILES string of the molecule is CC[C@H](C)NC(=O)CN1C(=O)CCCc2cc(S(=O)(=O)N3CCC(C)CC3)ccc21. The minimum Gasteiger partial charge on any atom is -0.352 e. The molecule has 0 unspecified atom stereocenters. The number of carbonyl (C=O) groups excluding carboxylic acids is 2. The largest absolute Gasteiger partial charge is 0.352 e. The summed E-state index contributed by atoms with van der Waals surface area (Å²) in [6, 6.07) is 5.00. The van der Waals surface area contributed by atoms with Gasteiger partial charge in [0.2, 0.25) is 21.8 Å². The predicted octanol–water partition coefficient (Wildman–Crippen LogP) is 2.69. The highest BCUT2D eigenvalue weighted by Gasteiger charge is 2.30. The van der Waals surface area contributed by atoms with E-state index in [2.05, 4.69) is 12.2 Å². The van der Waals surface area contributed by atoms with Crippen molar-refractivity contribution in [2.24, 2.45) is 5.92 Å². The third-order valence-electron chi connectivity index (χ3n) is 6.18. The average molecular weight is 436 g/mol. The number of benzene rings is 1. The molecule has 2 aliphatic rings. The summed E-state index contributed by atoms with van der Waals surface area (Å²) < 4.78 is 27.8. The van der Waals surface area contributed by atoms with Crippen LogP contribution in [0.1, 0.15) is 58.4 Å². The van der Waals surface area contributed by atoms with Crippen LogP contribution >= 0.6 is 0 Å². The highest BCUT2D eigenvalue weighted by atomic mass is 32.2. The van der Waals surface area contributed by atoms with E-state index in [4.69, 9.17) is 0 Å². The van der Waals surface area contributed by atoms with E-state index in [1.165, 1.54) is 4.90 Å². The van der Waals surface area contributed by atoms with Gasteiger partial charge in [-0.3, -0.25) is 9.59 Å². The van der Waals surface area contributed by atoms with Crippen LogP contribution in [0.15, 0.2) is 23.1 Å². The van der Waals surface area contributed by atoms with Gasteiger partial charge in [0.25, 0.3) is 0 Å². The van der Waals surface area contributed by atoms with Gasteiger partial charge in [-0.05, 0) is 68.7 Å². The molecule has 8 heteroatoms. The first-order valence-electron chi connectivity index (χ1n) is 10.9. The quantitative estimate of drug-likeness (QED) is 0.744. The van der Waals surface area contributed by atoms with Crippen molar-refractivity contribution in [2.45, 2.75) is 70.2 Å². The monoisotopic (exact) mass is 435 g/mol. The van der Waals surface area contributed by atoms with Gasteiger partial charge in [0.05, 0.1) is 4.90 Å². The first kappa shape index (κ1) is 22.7. The highest BCUT2D eigenvalue weighted by Crippen LogP contribution is 2.31. The zero-order valence-corrected chi connectivity index (χ0v) is 19.0. The smallest absolute Gasteiger partial charge is 0.243 e. The zero-order valence-electron chi connectivity index (χ0n) is 18.2. The van der Waals surface area contributed by atoms with Crippen LogP contribution in [0.4, 0.5) is 5.69 Å². The van der Waals surface area contributed by atoms with E-state index in [1.54, 1.807) is 22.5 Å². The fourth-order valence-electron chi connectivity index (χ4n) is 4.00. The molecule has 30 heavy (non-hydrogen) atoms. The van der Waals surface area contributed by atoms with E-state index in [0.717, 1.165) is 24.8 Å². The first-order chi connectivity index (χ1) is 14.2. The number of amides is 2. The Bertz CT molecular complexity index is 892. The van der Waals surface area contributed by atoms with Gasteiger partial charge < -0.3 is 10.2 Å². The number of sulfonamides is 1. The summed E-state index contributed by atoms with van der Waals surface area (Å²) in [7, 11) is -3.55. The summed E-state index contributed by atoms with van der Waals surface area (Å²) in [6.07, 6.45) is 4.16. The van der Waals surface area contributed by atoms with Gasteiger partial charge in [-0.2, -0.15) is 4.31 Å². The first-order valence-corrected chi connectivity index (χ1v) is 12.4. The van der Waals surface area contributed by atoms with Crippen molar-refractivity contribution in [1.29, 1.82) is 0 Å². The third kappa shape index (κ3) is 5.03. The number of fused-ring (bicyclic) bond motifs is 1. The van der Waals surface area contributed by atoms with Crippen molar-refractivity contribution in [1.82, 2.24) is 9.62 Å². The molecule has 2 amide bonds. The highest BCUT2D eigenvalue weighted by molar-refractivity contribution is 7.89. The van der Waals surface area contributed by atoms with Crippen LogP contribution < -0.4 is 10.2 Å². The van der Waals surface area contributed by atoms with Gasteiger partial charge in [-0.15, -0.1) is 0 Å². The molecule has 0 spiro atoms. The molecule has 0 aromatic heterocycles. The minimum absolute atomic E-state index is 0.0406. The van der Waals surface area contributed by atoms with Crippen molar-refractivity contribution in [3.63, 3.8) is 0 Å². The van der Waals surface area contributed by atoms with Crippen LogP contribution in [-0.4, -0.2) is 50.2 Å². The molecule has 166 valence electrons. The summed E-state index contributed by atoms with van der Waals surface area (Å²) in [5, 5.41) is 2.90. The van der Waals surface area contributed by atoms with Gasteiger partial charge >= 0.3 is 0 Å². The van der Waals surface area contributed by atoms with E-state index in [0.29, 0.717) is 44.0 Å². The number of rotatable bonds is 6. The fourth-order valence-corrected chi connectivity index (χ4v) is 5.52. The molecule has 1 saturated heterocycles. The maximum atomic E-state index is 13.1. The molecule has 0 bridgehead atoms. The number of nitrogens with one attached hydrogen (secondary N) is 1. The van der Waals surface area contributed by atoms with Gasteiger partial charge in [-0.25, -0.2) is 8.42 Å². The number of piperidine rings is 1. The Morgan fingerprint density at radius 2 is 1.93 bits per heavy atom. The molecule has 2 aliphatic heterocycles. The third-order valence-corrected chi connectivity index (χ3v) is 8.08. The van der Waals surface area contributed by atoms with Crippen LogP contribution in [0.2, 0.25) is 0 Å². The molecule has 0 radical (unpaired) electrons.